The predicted octanol–water partition coefficient (Wildman–Crippen LogP) is 2.66. The molecule has 0 saturated heterocycles. The van der Waals surface area contributed by atoms with Crippen LogP contribution in [-0.2, 0) is 6.54 Å². The van der Waals surface area contributed by atoms with Gasteiger partial charge < -0.3 is 14.8 Å². The minimum absolute atomic E-state index is 0.243. The molecule has 2 N–H and O–H groups in total. The van der Waals surface area contributed by atoms with Crippen LogP contribution < -0.4 is 5.32 Å². The van der Waals surface area contributed by atoms with Gasteiger partial charge >= 0.3 is 0 Å². The molecule has 3 heterocycles. The van der Waals surface area contributed by atoms with Gasteiger partial charge in [0, 0.05) is 25.0 Å². The molecule has 5 nitrogen and oxygen atoms in total. The molecule has 3 aromatic heterocycles. The molecule has 0 aromatic carbocycles. The van der Waals surface area contributed by atoms with E-state index >= 15 is 0 Å². The Kier molecular flexibility index (Phi) is 3.16. The Morgan fingerprint density at radius 1 is 1.47 bits per heavy atom. The van der Waals surface area contributed by atoms with Crippen molar-refractivity contribution in [2.75, 3.05) is 0 Å². The minimum atomic E-state index is -0.243. The van der Waals surface area contributed by atoms with Gasteiger partial charge in [-0.3, -0.25) is 4.79 Å². The fourth-order valence-corrected chi connectivity index (χ4v) is 2.33. The summed E-state index contributed by atoms with van der Waals surface area (Å²) in [4.78, 5) is 15.8. The van der Waals surface area contributed by atoms with Crippen molar-refractivity contribution in [1.82, 2.24) is 15.5 Å². The molecule has 0 aliphatic heterocycles. The van der Waals surface area contributed by atoms with Crippen LogP contribution in [-0.4, -0.2) is 16.0 Å². The van der Waals surface area contributed by atoms with E-state index in [1.807, 2.05) is 36.0 Å². The standard InChI is InChI=1S/C13H11N3O2S/c17-13(15-8-9-3-4-14-7-9)10-6-11(18-16-10)12-2-1-5-19-12/h1-7,14H,8H2,(H,15,17). The topological polar surface area (TPSA) is 70.9 Å². The number of amides is 1. The van der Waals surface area contributed by atoms with Crippen LogP contribution in [0.15, 0.2) is 46.6 Å². The van der Waals surface area contributed by atoms with Crippen molar-refractivity contribution < 1.29 is 9.32 Å². The van der Waals surface area contributed by atoms with E-state index in [4.69, 9.17) is 4.52 Å². The zero-order valence-corrected chi connectivity index (χ0v) is 10.7. The molecular formula is C13H11N3O2S. The number of nitrogens with zero attached hydrogens (tertiary/aromatic N) is 1. The number of aromatic amines is 1. The van der Waals surface area contributed by atoms with Crippen molar-refractivity contribution in [3.63, 3.8) is 0 Å². The molecule has 0 radical (unpaired) electrons. The summed E-state index contributed by atoms with van der Waals surface area (Å²) in [5.41, 5.74) is 1.30. The zero-order chi connectivity index (χ0) is 13.1. The first-order valence-corrected chi connectivity index (χ1v) is 6.61. The number of nitrogens with one attached hydrogen (secondary N) is 2. The molecule has 6 heteroatoms. The molecule has 19 heavy (non-hydrogen) atoms. The lowest BCUT2D eigenvalue weighted by molar-refractivity contribution is 0.0942. The van der Waals surface area contributed by atoms with E-state index < -0.39 is 0 Å². The third-order valence-electron chi connectivity index (χ3n) is 2.62. The lowest BCUT2D eigenvalue weighted by Crippen LogP contribution is -2.22. The number of rotatable bonds is 4. The van der Waals surface area contributed by atoms with Gasteiger partial charge in [0.25, 0.3) is 5.91 Å². The van der Waals surface area contributed by atoms with Crippen molar-refractivity contribution in [1.29, 1.82) is 0 Å². The van der Waals surface area contributed by atoms with Crippen LogP contribution in [0, 0.1) is 0 Å². The maximum atomic E-state index is 11.9. The Bertz CT molecular complexity index is 656. The van der Waals surface area contributed by atoms with Gasteiger partial charge in [-0.15, -0.1) is 11.3 Å². The normalized spacial score (nSPS) is 10.5. The third-order valence-corrected chi connectivity index (χ3v) is 3.51. The Balaban J connectivity index is 1.67. The average Bonchev–Trinajstić information content (AvgIpc) is 3.14. The fraction of sp³-hybridized carbons (Fsp3) is 0.0769. The first-order valence-electron chi connectivity index (χ1n) is 5.73. The lowest BCUT2D eigenvalue weighted by Gasteiger charge is -1.99. The monoisotopic (exact) mass is 273 g/mol. The Morgan fingerprint density at radius 2 is 2.42 bits per heavy atom. The van der Waals surface area contributed by atoms with Crippen molar-refractivity contribution >= 4 is 17.2 Å². The molecule has 3 rings (SSSR count). The second kappa shape index (κ2) is 5.11. The second-order valence-corrected chi connectivity index (χ2v) is 4.90. The van der Waals surface area contributed by atoms with Gasteiger partial charge in [0.15, 0.2) is 11.5 Å². The molecule has 0 fully saturated rings. The van der Waals surface area contributed by atoms with E-state index in [9.17, 15) is 4.79 Å². The molecule has 0 aliphatic carbocycles. The molecule has 0 aliphatic rings. The minimum Gasteiger partial charge on any atom is -0.367 e. The highest BCUT2D eigenvalue weighted by atomic mass is 32.1. The van der Waals surface area contributed by atoms with E-state index in [1.54, 1.807) is 17.4 Å². The van der Waals surface area contributed by atoms with Gasteiger partial charge in [-0.25, -0.2) is 0 Å². The van der Waals surface area contributed by atoms with Crippen molar-refractivity contribution in [2.24, 2.45) is 0 Å². The number of aromatic nitrogens is 2. The quantitative estimate of drug-likeness (QED) is 0.767. The number of hydrogen-bond acceptors (Lipinski definition) is 4. The van der Waals surface area contributed by atoms with Crippen LogP contribution in [0.3, 0.4) is 0 Å². The Hall–Kier alpha value is -2.34. The number of carbonyl (C=O) groups is 1. The molecular weight excluding hydrogens is 262 g/mol. The first kappa shape index (κ1) is 11.7. The van der Waals surface area contributed by atoms with Gasteiger partial charge in [-0.1, -0.05) is 11.2 Å². The van der Waals surface area contributed by atoms with Crippen LogP contribution >= 0.6 is 11.3 Å². The van der Waals surface area contributed by atoms with Gasteiger partial charge in [0.05, 0.1) is 4.88 Å². The number of hydrogen-bond donors (Lipinski definition) is 2. The smallest absolute Gasteiger partial charge is 0.273 e. The average molecular weight is 273 g/mol. The van der Waals surface area contributed by atoms with Gasteiger partial charge in [0.1, 0.15) is 0 Å². The van der Waals surface area contributed by atoms with Crippen molar-refractivity contribution in [3.8, 4) is 10.6 Å². The zero-order valence-electron chi connectivity index (χ0n) is 9.92. The highest BCUT2D eigenvalue weighted by molar-refractivity contribution is 7.13. The summed E-state index contributed by atoms with van der Waals surface area (Å²) in [5, 5.41) is 8.51. The van der Waals surface area contributed by atoms with E-state index in [2.05, 4.69) is 15.5 Å². The highest BCUT2D eigenvalue weighted by Gasteiger charge is 2.13. The van der Waals surface area contributed by atoms with Gasteiger partial charge in [0.2, 0.25) is 0 Å². The number of carbonyl (C=O) groups excluding carboxylic acids is 1. The van der Waals surface area contributed by atoms with Crippen molar-refractivity contribution in [2.45, 2.75) is 6.54 Å². The number of thiophene rings is 1. The van der Waals surface area contributed by atoms with Gasteiger partial charge in [-0.2, -0.15) is 0 Å². The third kappa shape index (κ3) is 2.58. The Morgan fingerprint density at radius 3 is 3.16 bits per heavy atom. The predicted molar refractivity (Wildman–Crippen MR) is 71.8 cm³/mol. The second-order valence-electron chi connectivity index (χ2n) is 3.96. The molecule has 0 atom stereocenters. The van der Waals surface area contributed by atoms with E-state index in [0.29, 0.717) is 18.0 Å². The SMILES string of the molecule is O=C(NCc1cc[nH]c1)c1cc(-c2cccs2)on1. The van der Waals surface area contributed by atoms with E-state index in [0.717, 1.165) is 10.4 Å². The summed E-state index contributed by atoms with van der Waals surface area (Å²) in [5.74, 6) is 0.370. The maximum absolute atomic E-state index is 11.9. The molecule has 0 spiro atoms. The summed E-state index contributed by atoms with van der Waals surface area (Å²) < 4.78 is 5.16. The fourth-order valence-electron chi connectivity index (χ4n) is 1.66. The van der Waals surface area contributed by atoms with E-state index in [1.165, 1.54) is 0 Å². The summed E-state index contributed by atoms with van der Waals surface area (Å²) >= 11 is 1.54. The summed E-state index contributed by atoms with van der Waals surface area (Å²) in [6.45, 7) is 0.462. The molecule has 0 unspecified atom stereocenters. The summed E-state index contributed by atoms with van der Waals surface area (Å²) in [6.07, 6.45) is 3.65. The highest BCUT2D eigenvalue weighted by Crippen LogP contribution is 2.24. The lowest BCUT2D eigenvalue weighted by atomic mass is 10.3. The van der Waals surface area contributed by atoms with E-state index in [-0.39, 0.29) is 5.91 Å². The molecule has 0 bridgehead atoms. The first-order chi connectivity index (χ1) is 9.33. The Labute approximate surface area is 113 Å². The maximum Gasteiger partial charge on any atom is 0.273 e. The van der Waals surface area contributed by atoms with Crippen LogP contribution in [0.25, 0.3) is 10.6 Å². The molecule has 0 saturated carbocycles. The van der Waals surface area contributed by atoms with Crippen molar-refractivity contribution in [3.05, 3.63) is 53.3 Å². The molecule has 3 aromatic rings. The molecule has 1 amide bonds. The largest absolute Gasteiger partial charge is 0.367 e. The summed E-state index contributed by atoms with van der Waals surface area (Å²) in [7, 11) is 0. The van der Waals surface area contributed by atoms with Crippen LogP contribution in [0.2, 0.25) is 0 Å². The van der Waals surface area contributed by atoms with Gasteiger partial charge in [-0.05, 0) is 23.1 Å². The number of H-pyrrole nitrogens is 1. The summed E-state index contributed by atoms with van der Waals surface area (Å²) in [6, 6.07) is 7.40. The van der Waals surface area contributed by atoms with Crippen LogP contribution in [0.5, 0.6) is 0 Å². The van der Waals surface area contributed by atoms with Crippen LogP contribution in [0.1, 0.15) is 16.1 Å². The molecule has 96 valence electrons. The van der Waals surface area contributed by atoms with Crippen LogP contribution in [0.4, 0.5) is 0 Å².